The smallest absolute Gasteiger partial charge is 0.274 e. The number of benzene rings is 1. The Hall–Kier alpha value is -2.25. The standard InChI is InChI=1S/C17H16ClFN4OS/c1-9-4-14(23(3)22-9)16(24)21-17-10(2)20-15(25-17)7-11-5-12(18)8-13(19)6-11/h4-6,8H,7H2,1-3H3,(H,21,24). The van der Waals surface area contributed by atoms with Crippen molar-refractivity contribution in [3.05, 3.63) is 62.8 Å². The molecule has 0 saturated heterocycles. The predicted molar refractivity (Wildman–Crippen MR) is 97.0 cm³/mol. The summed E-state index contributed by atoms with van der Waals surface area (Å²) in [6, 6.07) is 6.12. The minimum atomic E-state index is -0.379. The Morgan fingerprint density at radius 2 is 2.08 bits per heavy atom. The molecule has 1 amide bonds. The highest BCUT2D eigenvalue weighted by atomic mass is 35.5. The summed E-state index contributed by atoms with van der Waals surface area (Å²) in [5.41, 5.74) is 2.70. The lowest BCUT2D eigenvalue weighted by molar-refractivity contribution is 0.101. The van der Waals surface area contributed by atoms with Gasteiger partial charge in [0.2, 0.25) is 0 Å². The van der Waals surface area contributed by atoms with Crippen LogP contribution in [0.5, 0.6) is 0 Å². The van der Waals surface area contributed by atoms with Gasteiger partial charge in [0, 0.05) is 18.5 Å². The Balaban J connectivity index is 1.78. The molecule has 2 aromatic heterocycles. The first kappa shape index (κ1) is 17.6. The van der Waals surface area contributed by atoms with Gasteiger partial charge in [0.25, 0.3) is 5.91 Å². The van der Waals surface area contributed by atoms with Crippen LogP contribution in [0.15, 0.2) is 24.3 Å². The van der Waals surface area contributed by atoms with E-state index in [2.05, 4.69) is 15.4 Å². The Labute approximate surface area is 153 Å². The summed E-state index contributed by atoms with van der Waals surface area (Å²) in [5.74, 6) is -0.619. The molecule has 0 radical (unpaired) electrons. The van der Waals surface area contributed by atoms with Crippen LogP contribution in [0.2, 0.25) is 5.02 Å². The van der Waals surface area contributed by atoms with E-state index in [1.165, 1.54) is 28.2 Å². The molecule has 0 aliphatic heterocycles. The molecule has 2 heterocycles. The lowest BCUT2D eigenvalue weighted by atomic mass is 10.1. The first-order valence-electron chi connectivity index (χ1n) is 7.55. The van der Waals surface area contributed by atoms with Crippen LogP contribution in [-0.4, -0.2) is 20.7 Å². The van der Waals surface area contributed by atoms with E-state index < -0.39 is 0 Å². The van der Waals surface area contributed by atoms with Gasteiger partial charge in [-0.1, -0.05) is 11.6 Å². The van der Waals surface area contributed by atoms with E-state index in [1.54, 1.807) is 19.2 Å². The van der Waals surface area contributed by atoms with Gasteiger partial charge in [0.1, 0.15) is 16.5 Å². The monoisotopic (exact) mass is 378 g/mol. The number of hydrogen-bond acceptors (Lipinski definition) is 4. The molecule has 0 aliphatic rings. The molecule has 8 heteroatoms. The highest BCUT2D eigenvalue weighted by molar-refractivity contribution is 7.16. The zero-order valence-corrected chi connectivity index (χ0v) is 15.5. The van der Waals surface area contributed by atoms with E-state index in [0.717, 1.165) is 22.0 Å². The van der Waals surface area contributed by atoms with Gasteiger partial charge < -0.3 is 5.32 Å². The normalized spacial score (nSPS) is 10.9. The lowest BCUT2D eigenvalue weighted by Gasteiger charge is -2.03. The number of aromatic nitrogens is 3. The van der Waals surface area contributed by atoms with Crippen LogP contribution < -0.4 is 5.32 Å². The number of nitrogens with one attached hydrogen (secondary N) is 1. The first-order valence-corrected chi connectivity index (χ1v) is 8.74. The number of halogens is 2. The molecular weight excluding hydrogens is 363 g/mol. The zero-order chi connectivity index (χ0) is 18.1. The summed E-state index contributed by atoms with van der Waals surface area (Å²) in [6.45, 7) is 3.65. The number of carbonyl (C=O) groups excluding carboxylic acids is 1. The van der Waals surface area contributed by atoms with Crippen LogP contribution in [0.4, 0.5) is 9.39 Å². The zero-order valence-electron chi connectivity index (χ0n) is 13.9. The summed E-state index contributed by atoms with van der Waals surface area (Å²) < 4.78 is 15.0. The van der Waals surface area contributed by atoms with Crippen molar-refractivity contribution < 1.29 is 9.18 Å². The summed E-state index contributed by atoms with van der Waals surface area (Å²) >= 11 is 7.25. The Kier molecular flexibility index (Phi) is 4.87. The Bertz CT molecular complexity index is 930. The van der Waals surface area contributed by atoms with Crippen molar-refractivity contribution in [1.29, 1.82) is 0 Å². The second kappa shape index (κ2) is 6.93. The third-order valence-corrected chi connectivity index (χ3v) is 4.87. The molecule has 0 spiro atoms. The highest BCUT2D eigenvalue weighted by Gasteiger charge is 2.16. The summed E-state index contributed by atoms with van der Waals surface area (Å²) in [5, 5.41) is 8.83. The van der Waals surface area contributed by atoms with E-state index in [-0.39, 0.29) is 11.7 Å². The van der Waals surface area contributed by atoms with Crippen molar-refractivity contribution in [3.63, 3.8) is 0 Å². The van der Waals surface area contributed by atoms with Gasteiger partial charge in [0.15, 0.2) is 0 Å². The maximum atomic E-state index is 13.4. The average molecular weight is 379 g/mol. The topological polar surface area (TPSA) is 59.8 Å². The number of hydrogen-bond donors (Lipinski definition) is 1. The van der Waals surface area contributed by atoms with E-state index in [9.17, 15) is 9.18 Å². The molecule has 25 heavy (non-hydrogen) atoms. The van der Waals surface area contributed by atoms with Gasteiger partial charge >= 0.3 is 0 Å². The summed E-state index contributed by atoms with van der Waals surface area (Å²) in [6.07, 6.45) is 0.448. The number of thiazole rings is 1. The van der Waals surface area contributed by atoms with Crippen LogP contribution in [0.3, 0.4) is 0 Å². The molecule has 0 saturated carbocycles. The number of anilines is 1. The van der Waals surface area contributed by atoms with Gasteiger partial charge in [-0.2, -0.15) is 5.10 Å². The Morgan fingerprint density at radius 1 is 1.32 bits per heavy atom. The van der Waals surface area contributed by atoms with Crippen molar-refractivity contribution in [2.75, 3.05) is 5.32 Å². The van der Waals surface area contributed by atoms with Crippen molar-refractivity contribution in [2.24, 2.45) is 7.05 Å². The molecule has 1 N–H and O–H groups in total. The van der Waals surface area contributed by atoms with Crippen molar-refractivity contribution in [1.82, 2.24) is 14.8 Å². The molecule has 130 valence electrons. The Morgan fingerprint density at radius 3 is 2.72 bits per heavy atom. The van der Waals surface area contributed by atoms with E-state index in [0.29, 0.717) is 22.1 Å². The molecule has 0 unspecified atom stereocenters. The maximum Gasteiger partial charge on any atom is 0.274 e. The molecular formula is C17H16ClFN4OS. The van der Waals surface area contributed by atoms with Gasteiger partial charge in [-0.3, -0.25) is 9.48 Å². The number of nitrogens with zero attached hydrogens (tertiary/aromatic N) is 3. The van der Waals surface area contributed by atoms with E-state index >= 15 is 0 Å². The summed E-state index contributed by atoms with van der Waals surface area (Å²) in [4.78, 5) is 16.9. The number of rotatable bonds is 4. The average Bonchev–Trinajstić information content (AvgIpc) is 3.00. The largest absolute Gasteiger partial charge is 0.311 e. The molecule has 0 aliphatic carbocycles. The van der Waals surface area contributed by atoms with Crippen molar-refractivity contribution in [2.45, 2.75) is 20.3 Å². The van der Waals surface area contributed by atoms with Crippen LogP contribution in [0.1, 0.15) is 32.4 Å². The van der Waals surface area contributed by atoms with Gasteiger partial charge in [0.05, 0.1) is 16.4 Å². The molecule has 5 nitrogen and oxygen atoms in total. The molecule has 3 rings (SSSR count). The fourth-order valence-corrected chi connectivity index (χ4v) is 3.76. The highest BCUT2D eigenvalue weighted by Crippen LogP contribution is 2.27. The van der Waals surface area contributed by atoms with E-state index in [4.69, 9.17) is 11.6 Å². The number of aryl methyl sites for hydroxylation is 3. The third-order valence-electron chi connectivity index (χ3n) is 3.58. The fourth-order valence-electron chi connectivity index (χ4n) is 2.52. The fraction of sp³-hybridized carbons (Fsp3) is 0.235. The van der Waals surface area contributed by atoms with Crippen molar-refractivity contribution in [3.8, 4) is 0 Å². The minimum absolute atomic E-state index is 0.241. The first-order chi connectivity index (χ1) is 11.8. The van der Waals surface area contributed by atoms with E-state index in [1.807, 2.05) is 13.8 Å². The van der Waals surface area contributed by atoms with Crippen molar-refractivity contribution >= 4 is 33.8 Å². The third kappa shape index (κ3) is 4.05. The minimum Gasteiger partial charge on any atom is -0.311 e. The van der Waals surface area contributed by atoms with Gasteiger partial charge in [-0.05, 0) is 43.7 Å². The quantitative estimate of drug-likeness (QED) is 0.742. The van der Waals surface area contributed by atoms with Crippen LogP contribution in [0.25, 0.3) is 0 Å². The predicted octanol–water partition coefficient (Wildman–Crippen LogP) is 4.13. The number of carbonyl (C=O) groups is 1. The maximum absolute atomic E-state index is 13.4. The molecule has 0 fully saturated rings. The molecule has 0 atom stereocenters. The second-order valence-corrected chi connectivity index (χ2v) is 7.25. The second-order valence-electron chi connectivity index (χ2n) is 5.73. The molecule has 1 aromatic carbocycles. The lowest BCUT2D eigenvalue weighted by Crippen LogP contribution is -2.15. The van der Waals surface area contributed by atoms with Crippen LogP contribution >= 0.6 is 22.9 Å². The van der Waals surface area contributed by atoms with Gasteiger partial charge in [-0.15, -0.1) is 11.3 Å². The molecule has 3 aromatic rings. The van der Waals surface area contributed by atoms with Crippen LogP contribution in [-0.2, 0) is 13.5 Å². The molecule has 0 bridgehead atoms. The number of amides is 1. The van der Waals surface area contributed by atoms with Gasteiger partial charge in [-0.25, -0.2) is 9.37 Å². The van der Waals surface area contributed by atoms with Crippen LogP contribution in [0, 0.1) is 19.7 Å². The SMILES string of the molecule is Cc1cc(C(=O)Nc2sc(Cc3cc(F)cc(Cl)c3)nc2C)n(C)n1. The summed E-state index contributed by atoms with van der Waals surface area (Å²) in [7, 11) is 1.72.